The first-order chi connectivity index (χ1) is 7.59. The van der Waals surface area contributed by atoms with Crippen LogP contribution in [0, 0.1) is 0 Å². The summed E-state index contributed by atoms with van der Waals surface area (Å²) in [7, 11) is 0. The highest BCUT2D eigenvalue weighted by atomic mass is 16.3. The molecule has 2 N–H and O–H groups in total. The number of aliphatic hydroxyl groups is 1. The van der Waals surface area contributed by atoms with Gasteiger partial charge < -0.3 is 5.11 Å². The van der Waals surface area contributed by atoms with Crippen LogP contribution in [0.2, 0.25) is 0 Å². The summed E-state index contributed by atoms with van der Waals surface area (Å²) in [6.45, 7) is 1.70. The van der Waals surface area contributed by atoms with Gasteiger partial charge in [-0.15, -0.1) is 0 Å². The van der Waals surface area contributed by atoms with Gasteiger partial charge in [0.25, 0.3) is 11.8 Å². The van der Waals surface area contributed by atoms with E-state index in [1.807, 2.05) is 6.07 Å². The minimum atomic E-state index is -0.406. The number of aliphatic hydroxyl groups excluding tert-OH is 1. The number of imide groups is 1. The first kappa shape index (κ1) is 10.8. The molecule has 1 aliphatic rings. The van der Waals surface area contributed by atoms with E-state index in [1.54, 1.807) is 19.1 Å². The van der Waals surface area contributed by atoms with Crippen LogP contribution >= 0.6 is 0 Å². The highest BCUT2D eigenvalue weighted by Crippen LogP contribution is 2.21. The van der Waals surface area contributed by atoms with Crippen molar-refractivity contribution in [3.05, 3.63) is 34.9 Å². The Bertz CT molecular complexity index is 452. The number of amides is 2. The Balaban J connectivity index is 2.34. The van der Waals surface area contributed by atoms with Crippen molar-refractivity contribution in [2.24, 2.45) is 0 Å². The molecule has 0 radical (unpaired) electrons. The predicted octanol–water partition coefficient (Wildman–Crippen LogP) is 0.884. The third-order valence-electron chi connectivity index (χ3n) is 2.68. The van der Waals surface area contributed by atoms with Crippen LogP contribution in [0.25, 0.3) is 0 Å². The first-order valence-corrected chi connectivity index (χ1v) is 5.25. The Morgan fingerprint density at radius 1 is 1.31 bits per heavy atom. The van der Waals surface area contributed by atoms with Gasteiger partial charge >= 0.3 is 0 Å². The van der Waals surface area contributed by atoms with Crippen molar-refractivity contribution < 1.29 is 14.7 Å². The van der Waals surface area contributed by atoms with E-state index < -0.39 is 6.10 Å². The van der Waals surface area contributed by atoms with E-state index in [0.717, 1.165) is 5.56 Å². The molecular formula is C12H13NO3. The van der Waals surface area contributed by atoms with Gasteiger partial charge in [-0.1, -0.05) is 12.1 Å². The molecule has 4 nitrogen and oxygen atoms in total. The number of carbonyl (C=O) groups excluding carboxylic acids is 2. The summed E-state index contributed by atoms with van der Waals surface area (Å²) in [5.41, 5.74) is 1.72. The van der Waals surface area contributed by atoms with Crippen molar-refractivity contribution in [2.45, 2.75) is 25.9 Å². The van der Waals surface area contributed by atoms with Crippen LogP contribution in [0.1, 0.15) is 39.6 Å². The van der Waals surface area contributed by atoms with Crippen LogP contribution in [-0.2, 0) is 6.42 Å². The lowest BCUT2D eigenvalue weighted by Crippen LogP contribution is -2.20. The quantitative estimate of drug-likeness (QED) is 0.742. The van der Waals surface area contributed by atoms with E-state index in [-0.39, 0.29) is 11.8 Å². The molecular weight excluding hydrogens is 206 g/mol. The molecule has 0 bridgehead atoms. The van der Waals surface area contributed by atoms with Gasteiger partial charge in [0.1, 0.15) is 0 Å². The molecule has 84 valence electrons. The lowest BCUT2D eigenvalue weighted by molar-refractivity contribution is 0.0879. The molecule has 0 fully saturated rings. The van der Waals surface area contributed by atoms with Crippen molar-refractivity contribution in [3.8, 4) is 0 Å². The van der Waals surface area contributed by atoms with Crippen molar-refractivity contribution in [1.82, 2.24) is 5.32 Å². The molecule has 1 heterocycles. The van der Waals surface area contributed by atoms with Gasteiger partial charge in [-0.2, -0.15) is 0 Å². The smallest absolute Gasteiger partial charge is 0.259 e. The van der Waals surface area contributed by atoms with Crippen LogP contribution < -0.4 is 5.32 Å². The fourth-order valence-electron chi connectivity index (χ4n) is 1.86. The normalized spacial score (nSPS) is 15.9. The Kier molecular flexibility index (Phi) is 2.75. The molecule has 1 aromatic carbocycles. The van der Waals surface area contributed by atoms with Gasteiger partial charge in [0.15, 0.2) is 0 Å². The molecule has 2 rings (SSSR count). The molecule has 0 saturated heterocycles. The van der Waals surface area contributed by atoms with Crippen molar-refractivity contribution >= 4 is 11.8 Å². The van der Waals surface area contributed by atoms with Gasteiger partial charge in [-0.25, -0.2) is 0 Å². The number of carbonyl (C=O) groups is 2. The van der Waals surface area contributed by atoms with Crippen LogP contribution in [0.15, 0.2) is 18.2 Å². The van der Waals surface area contributed by atoms with Crippen LogP contribution in [-0.4, -0.2) is 23.0 Å². The number of hydrogen-bond donors (Lipinski definition) is 2. The van der Waals surface area contributed by atoms with Crippen molar-refractivity contribution in [3.63, 3.8) is 0 Å². The second-order valence-electron chi connectivity index (χ2n) is 4.01. The average Bonchev–Trinajstić information content (AvgIpc) is 2.52. The summed E-state index contributed by atoms with van der Waals surface area (Å²) < 4.78 is 0. The monoisotopic (exact) mass is 219 g/mol. The summed E-state index contributed by atoms with van der Waals surface area (Å²) >= 11 is 0. The Labute approximate surface area is 93.3 Å². The fraction of sp³-hybridized carbons (Fsp3) is 0.333. The largest absolute Gasteiger partial charge is 0.393 e. The van der Waals surface area contributed by atoms with Gasteiger partial charge in [-0.05, 0) is 31.4 Å². The van der Waals surface area contributed by atoms with Gasteiger partial charge in [-0.3, -0.25) is 14.9 Å². The minimum Gasteiger partial charge on any atom is -0.393 e. The molecule has 0 aromatic heterocycles. The fourth-order valence-corrected chi connectivity index (χ4v) is 1.86. The standard InChI is InChI=1S/C12H13NO3/c1-7(14)5-6-8-3-2-4-9-10(8)12(16)13-11(9)15/h2-4,7,14H,5-6H2,1H3,(H,13,15,16). The molecule has 4 heteroatoms. The van der Waals surface area contributed by atoms with E-state index in [4.69, 9.17) is 0 Å². The highest BCUT2D eigenvalue weighted by molar-refractivity contribution is 6.22. The third-order valence-corrected chi connectivity index (χ3v) is 2.68. The Morgan fingerprint density at radius 2 is 2.06 bits per heavy atom. The zero-order valence-corrected chi connectivity index (χ0v) is 8.99. The molecule has 0 spiro atoms. The van der Waals surface area contributed by atoms with E-state index in [0.29, 0.717) is 24.0 Å². The number of nitrogens with one attached hydrogen (secondary N) is 1. The van der Waals surface area contributed by atoms with Crippen molar-refractivity contribution in [1.29, 1.82) is 0 Å². The maximum absolute atomic E-state index is 11.5. The first-order valence-electron chi connectivity index (χ1n) is 5.25. The molecule has 16 heavy (non-hydrogen) atoms. The zero-order valence-electron chi connectivity index (χ0n) is 8.99. The molecule has 1 atom stereocenters. The lowest BCUT2D eigenvalue weighted by Gasteiger charge is -2.07. The molecule has 1 unspecified atom stereocenters. The SMILES string of the molecule is CC(O)CCc1cccc2c1C(=O)NC2=O. The van der Waals surface area contributed by atoms with E-state index >= 15 is 0 Å². The van der Waals surface area contributed by atoms with Gasteiger partial charge in [0.05, 0.1) is 17.2 Å². The number of benzene rings is 1. The summed E-state index contributed by atoms with van der Waals surface area (Å²) in [5.74, 6) is -0.667. The van der Waals surface area contributed by atoms with Crippen molar-refractivity contribution in [2.75, 3.05) is 0 Å². The molecule has 0 saturated carbocycles. The molecule has 2 amide bonds. The minimum absolute atomic E-state index is 0.332. The van der Waals surface area contributed by atoms with E-state index in [9.17, 15) is 14.7 Å². The van der Waals surface area contributed by atoms with E-state index in [2.05, 4.69) is 5.32 Å². The second kappa shape index (κ2) is 4.06. The number of rotatable bonds is 3. The third kappa shape index (κ3) is 1.84. The summed E-state index contributed by atoms with van der Waals surface area (Å²) in [6, 6.07) is 5.22. The van der Waals surface area contributed by atoms with Crippen LogP contribution in [0.5, 0.6) is 0 Å². The van der Waals surface area contributed by atoms with Crippen LogP contribution in [0.4, 0.5) is 0 Å². The molecule has 0 aliphatic carbocycles. The van der Waals surface area contributed by atoms with E-state index in [1.165, 1.54) is 0 Å². The zero-order chi connectivity index (χ0) is 11.7. The highest BCUT2D eigenvalue weighted by Gasteiger charge is 2.28. The maximum Gasteiger partial charge on any atom is 0.259 e. The average molecular weight is 219 g/mol. The number of aryl methyl sites for hydroxylation is 1. The Morgan fingerprint density at radius 3 is 2.75 bits per heavy atom. The topological polar surface area (TPSA) is 66.4 Å². The lowest BCUT2D eigenvalue weighted by atomic mass is 9.98. The summed E-state index contributed by atoms with van der Waals surface area (Å²) in [4.78, 5) is 22.9. The van der Waals surface area contributed by atoms with Gasteiger partial charge in [0, 0.05) is 0 Å². The predicted molar refractivity (Wildman–Crippen MR) is 58.2 cm³/mol. The second-order valence-corrected chi connectivity index (χ2v) is 4.01. The summed E-state index contributed by atoms with van der Waals surface area (Å²) in [5, 5.41) is 11.5. The number of fused-ring (bicyclic) bond motifs is 1. The maximum atomic E-state index is 11.5. The molecule has 1 aromatic rings. The number of hydrogen-bond acceptors (Lipinski definition) is 3. The van der Waals surface area contributed by atoms with Crippen LogP contribution in [0.3, 0.4) is 0 Å². The molecule has 1 aliphatic heterocycles. The van der Waals surface area contributed by atoms with Gasteiger partial charge in [0.2, 0.25) is 0 Å². The summed E-state index contributed by atoms with van der Waals surface area (Å²) in [6.07, 6.45) is 0.774. The Hall–Kier alpha value is -1.68.